The molecule has 2 aromatic rings. The third-order valence-corrected chi connectivity index (χ3v) is 5.20. The largest absolute Gasteiger partial charge is 0.311 e. The number of nitrogens with zero attached hydrogens (tertiary/aromatic N) is 4. The number of hydrogen-bond acceptors (Lipinski definition) is 7. The topological polar surface area (TPSA) is 89.2 Å². The van der Waals surface area contributed by atoms with Crippen LogP contribution in [0.1, 0.15) is 12.0 Å². The van der Waals surface area contributed by atoms with Crippen LogP contribution in [0.15, 0.2) is 28.0 Å². The molecule has 0 bridgehead atoms. The van der Waals surface area contributed by atoms with Gasteiger partial charge in [0.1, 0.15) is 5.51 Å². The molecule has 3 rings (SSSR count). The van der Waals surface area contributed by atoms with Gasteiger partial charge in [-0.15, -0.1) is 10.2 Å². The lowest BCUT2D eigenvalue weighted by Crippen LogP contribution is -2.36. The van der Waals surface area contributed by atoms with Gasteiger partial charge in [-0.3, -0.25) is 14.9 Å². The van der Waals surface area contributed by atoms with E-state index in [4.69, 9.17) is 0 Å². The number of nitro groups is 1. The van der Waals surface area contributed by atoms with E-state index in [9.17, 15) is 14.9 Å². The highest BCUT2D eigenvalue weighted by Crippen LogP contribution is 2.31. The summed E-state index contributed by atoms with van der Waals surface area (Å²) in [6.45, 7) is 0.639. The average molecular weight is 336 g/mol. The summed E-state index contributed by atoms with van der Waals surface area (Å²) >= 11 is 2.75. The van der Waals surface area contributed by atoms with E-state index in [-0.39, 0.29) is 17.3 Å². The minimum atomic E-state index is -0.410. The summed E-state index contributed by atoms with van der Waals surface area (Å²) in [7, 11) is 0. The quantitative estimate of drug-likeness (QED) is 0.484. The zero-order valence-corrected chi connectivity index (χ0v) is 13.1. The average Bonchev–Trinajstić information content (AvgIpc) is 3.04. The summed E-state index contributed by atoms with van der Waals surface area (Å²) in [6.07, 6.45) is 1.56. The van der Waals surface area contributed by atoms with Crippen molar-refractivity contribution in [2.75, 3.05) is 17.2 Å². The van der Waals surface area contributed by atoms with E-state index in [0.29, 0.717) is 6.54 Å². The number of benzene rings is 1. The first-order valence-electron chi connectivity index (χ1n) is 6.62. The third kappa shape index (κ3) is 3.09. The highest BCUT2D eigenvalue weighted by atomic mass is 32.2. The lowest BCUT2D eigenvalue weighted by atomic mass is 10.0. The first-order chi connectivity index (χ1) is 10.6. The summed E-state index contributed by atoms with van der Waals surface area (Å²) in [5.41, 5.74) is 3.33. The van der Waals surface area contributed by atoms with Crippen LogP contribution < -0.4 is 4.90 Å². The normalized spacial score (nSPS) is 13.7. The number of hydrogen-bond donors (Lipinski definition) is 0. The van der Waals surface area contributed by atoms with Gasteiger partial charge in [-0.25, -0.2) is 0 Å². The van der Waals surface area contributed by atoms with Crippen LogP contribution in [0.3, 0.4) is 0 Å². The van der Waals surface area contributed by atoms with Crippen molar-refractivity contribution in [1.82, 2.24) is 10.2 Å². The zero-order chi connectivity index (χ0) is 15.5. The van der Waals surface area contributed by atoms with Gasteiger partial charge in [-0.1, -0.05) is 23.1 Å². The smallest absolute Gasteiger partial charge is 0.269 e. The number of aromatic nitrogens is 2. The number of anilines is 1. The molecule has 0 aliphatic carbocycles. The highest BCUT2D eigenvalue weighted by Gasteiger charge is 2.24. The van der Waals surface area contributed by atoms with Crippen molar-refractivity contribution in [2.24, 2.45) is 0 Å². The fourth-order valence-corrected chi connectivity index (χ4v) is 3.75. The SMILES string of the molecule is O=C(CSc1nncs1)N1CCCc2cc([N+](=O)[O-])ccc21. The second-order valence-corrected chi connectivity index (χ2v) is 6.77. The molecule has 2 heterocycles. The van der Waals surface area contributed by atoms with Gasteiger partial charge in [0.05, 0.1) is 10.7 Å². The molecule has 9 heteroatoms. The Morgan fingerprint density at radius 2 is 2.36 bits per heavy atom. The predicted molar refractivity (Wildman–Crippen MR) is 84.4 cm³/mol. The number of nitro benzene ring substituents is 1. The van der Waals surface area contributed by atoms with Crippen molar-refractivity contribution in [3.63, 3.8) is 0 Å². The number of aryl methyl sites for hydroxylation is 1. The number of carbonyl (C=O) groups excluding carboxylic acids is 1. The summed E-state index contributed by atoms with van der Waals surface area (Å²) < 4.78 is 0.759. The molecule has 1 aliphatic rings. The number of amides is 1. The van der Waals surface area contributed by atoms with Gasteiger partial charge in [-0.2, -0.15) is 0 Å². The van der Waals surface area contributed by atoms with E-state index in [1.54, 1.807) is 22.5 Å². The van der Waals surface area contributed by atoms with Crippen LogP contribution >= 0.6 is 23.1 Å². The lowest BCUT2D eigenvalue weighted by Gasteiger charge is -2.29. The van der Waals surface area contributed by atoms with Crippen LogP contribution in [0, 0.1) is 10.1 Å². The molecule has 1 aliphatic heterocycles. The molecule has 1 amide bonds. The molecule has 0 atom stereocenters. The zero-order valence-electron chi connectivity index (χ0n) is 11.5. The molecule has 0 N–H and O–H groups in total. The Kier molecular flexibility index (Phi) is 4.34. The van der Waals surface area contributed by atoms with Gasteiger partial charge in [-0.05, 0) is 24.5 Å². The van der Waals surface area contributed by atoms with E-state index in [2.05, 4.69) is 10.2 Å². The summed E-state index contributed by atoms with van der Waals surface area (Å²) in [4.78, 5) is 24.5. The van der Waals surface area contributed by atoms with E-state index in [0.717, 1.165) is 28.4 Å². The Hall–Kier alpha value is -2.00. The van der Waals surface area contributed by atoms with Gasteiger partial charge in [0.25, 0.3) is 5.69 Å². The van der Waals surface area contributed by atoms with Gasteiger partial charge < -0.3 is 4.90 Å². The minimum absolute atomic E-state index is 0.0185. The summed E-state index contributed by atoms with van der Waals surface area (Å²) in [6, 6.07) is 4.68. The maximum Gasteiger partial charge on any atom is 0.269 e. The summed E-state index contributed by atoms with van der Waals surface area (Å²) in [5.74, 6) is 0.265. The summed E-state index contributed by atoms with van der Waals surface area (Å²) in [5, 5.41) is 18.5. The third-order valence-electron chi connectivity index (χ3n) is 3.35. The number of non-ortho nitro benzene ring substituents is 1. The molecule has 0 radical (unpaired) electrons. The van der Waals surface area contributed by atoms with Gasteiger partial charge in [0.2, 0.25) is 5.91 Å². The number of fused-ring (bicyclic) bond motifs is 1. The Morgan fingerprint density at radius 3 is 3.09 bits per heavy atom. The first-order valence-corrected chi connectivity index (χ1v) is 8.48. The Balaban J connectivity index is 1.76. The van der Waals surface area contributed by atoms with Crippen LogP contribution in [0.4, 0.5) is 11.4 Å². The molecular weight excluding hydrogens is 324 g/mol. The molecule has 0 saturated heterocycles. The van der Waals surface area contributed by atoms with E-state index >= 15 is 0 Å². The number of thioether (sulfide) groups is 1. The Labute approximate surface area is 134 Å². The fourth-order valence-electron chi connectivity index (χ4n) is 2.38. The fraction of sp³-hybridized carbons (Fsp3) is 0.308. The lowest BCUT2D eigenvalue weighted by molar-refractivity contribution is -0.384. The Morgan fingerprint density at radius 1 is 1.50 bits per heavy atom. The van der Waals surface area contributed by atoms with Crippen molar-refractivity contribution in [3.05, 3.63) is 39.4 Å². The van der Waals surface area contributed by atoms with Crippen LogP contribution in [-0.2, 0) is 11.2 Å². The van der Waals surface area contributed by atoms with Crippen LogP contribution in [0.2, 0.25) is 0 Å². The minimum Gasteiger partial charge on any atom is -0.311 e. The molecular formula is C13H12N4O3S2. The van der Waals surface area contributed by atoms with Crippen molar-refractivity contribution >= 4 is 40.4 Å². The molecule has 1 aromatic carbocycles. The molecule has 0 spiro atoms. The second kappa shape index (κ2) is 6.41. The van der Waals surface area contributed by atoms with Crippen LogP contribution in [0.5, 0.6) is 0 Å². The number of rotatable bonds is 4. The molecule has 0 unspecified atom stereocenters. The molecule has 114 valence electrons. The van der Waals surface area contributed by atoms with Crippen molar-refractivity contribution in [2.45, 2.75) is 17.2 Å². The Bertz CT molecular complexity index is 705. The highest BCUT2D eigenvalue weighted by molar-refractivity contribution is 8.01. The van der Waals surface area contributed by atoms with Crippen molar-refractivity contribution in [1.29, 1.82) is 0 Å². The van der Waals surface area contributed by atoms with Crippen molar-refractivity contribution < 1.29 is 9.72 Å². The van der Waals surface area contributed by atoms with Gasteiger partial charge >= 0.3 is 0 Å². The van der Waals surface area contributed by atoms with Gasteiger partial charge in [0.15, 0.2) is 4.34 Å². The number of carbonyl (C=O) groups is 1. The van der Waals surface area contributed by atoms with Crippen LogP contribution in [-0.4, -0.2) is 33.3 Å². The maximum atomic E-state index is 12.4. The molecule has 22 heavy (non-hydrogen) atoms. The van der Waals surface area contributed by atoms with Crippen LogP contribution in [0.25, 0.3) is 0 Å². The van der Waals surface area contributed by atoms with E-state index < -0.39 is 4.92 Å². The standard InChI is InChI=1S/C13H12N4O3S2/c18-12(7-21-13-15-14-8-22-13)16-5-1-2-9-6-10(17(19)20)3-4-11(9)16/h3-4,6,8H,1-2,5,7H2. The monoisotopic (exact) mass is 336 g/mol. The van der Waals surface area contributed by atoms with E-state index in [1.165, 1.54) is 29.2 Å². The van der Waals surface area contributed by atoms with Crippen molar-refractivity contribution in [3.8, 4) is 0 Å². The second-order valence-electron chi connectivity index (χ2n) is 4.71. The molecule has 0 saturated carbocycles. The molecule has 7 nitrogen and oxygen atoms in total. The molecule has 1 aromatic heterocycles. The predicted octanol–water partition coefficient (Wildman–Crippen LogP) is 2.52. The maximum absolute atomic E-state index is 12.4. The van der Waals surface area contributed by atoms with E-state index in [1.807, 2.05) is 0 Å². The first kappa shape index (κ1) is 14.9. The van der Waals surface area contributed by atoms with Gasteiger partial charge in [0, 0.05) is 24.4 Å². The molecule has 0 fully saturated rings.